The van der Waals surface area contributed by atoms with Crippen LogP contribution in [0.4, 0.5) is 0 Å². The van der Waals surface area contributed by atoms with Crippen molar-refractivity contribution in [1.82, 2.24) is 10.3 Å². The molecule has 0 saturated carbocycles. The van der Waals surface area contributed by atoms with E-state index < -0.39 is 10.8 Å². The van der Waals surface area contributed by atoms with Crippen LogP contribution in [0.3, 0.4) is 0 Å². The van der Waals surface area contributed by atoms with E-state index in [2.05, 4.69) is 10.3 Å². The van der Waals surface area contributed by atoms with E-state index in [4.69, 9.17) is 5.26 Å². The Morgan fingerprint density at radius 2 is 2.44 bits per heavy atom. The minimum absolute atomic E-state index is 0. The molecule has 2 rings (SSSR count). The van der Waals surface area contributed by atoms with Crippen LogP contribution in [-0.2, 0) is 10.8 Å². The quantitative estimate of drug-likeness (QED) is 0.853. The van der Waals surface area contributed by atoms with Gasteiger partial charge >= 0.3 is 0 Å². The first kappa shape index (κ1) is 13.1. The molecular formula is C10H12ClN3OS. The van der Waals surface area contributed by atoms with Crippen LogP contribution in [0.2, 0.25) is 0 Å². The second-order valence-corrected chi connectivity index (χ2v) is 5.03. The molecule has 0 bridgehead atoms. The van der Waals surface area contributed by atoms with Gasteiger partial charge in [0.2, 0.25) is 0 Å². The van der Waals surface area contributed by atoms with Gasteiger partial charge in [-0.3, -0.25) is 4.21 Å². The van der Waals surface area contributed by atoms with Gasteiger partial charge in [0.25, 0.3) is 0 Å². The van der Waals surface area contributed by atoms with Crippen LogP contribution < -0.4 is 5.32 Å². The number of pyridine rings is 1. The lowest BCUT2D eigenvalue weighted by Crippen LogP contribution is -2.20. The van der Waals surface area contributed by atoms with Crippen molar-refractivity contribution in [3.05, 3.63) is 23.9 Å². The molecule has 0 aromatic carbocycles. The maximum absolute atomic E-state index is 12.1. The second kappa shape index (κ2) is 5.94. The lowest BCUT2D eigenvalue weighted by atomic mass is 10.3. The number of rotatable bonds is 2. The van der Waals surface area contributed by atoms with Gasteiger partial charge < -0.3 is 5.32 Å². The Morgan fingerprint density at radius 3 is 3.06 bits per heavy atom. The third kappa shape index (κ3) is 2.59. The van der Waals surface area contributed by atoms with Crippen molar-refractivity contribution in [2.45, 2.75) is 16.7 Å². The molecule has 0 amide bonds. The maximum atomic E-state index is 12.1. The molecule has 4 nitrogen and oxygen atoms in total. The van der Waals surface area contributed by atoms with Gasteiger partial charge in [-0.1, -0.05) is 0 Å². The summed E-state index contributed by atoms with van der Waals surface area (Å²) in [5.74, 6) is 0. The molecule has 0 radical (unpaired) electrons. The first-order valence-corrected chi connectivity index (χ1v) is 6.00. The lowest BCUT2D eigenvalue weighted by Gasteiger charge is -2.08. The Hall–Kier alpha value is -0.960. The predicted molar refractivity (Wildman–Crippen MR) is 63.9 cm³/mol. The molecular weight excluding hydrogens is 246 g/mol. The van der Waals surface area contributed by atoms with Crippen LogP contribution in [0.1, 0.15) is 12.0 Å². The van der Waals surface area contributed by atoms with Crippen molar-refractivity contribution < 1.29 is 4.21 Å². The molecule has 1 aliphatic rings. The predicted octanol–water partition coefficient (Wildman–Crippen LogP) is 0.845. The Balaban J connectivity index is 0.00000128. The SMILES string of the molecule is Cl.N#Cc1cccnc1S(=O)C1CCNC1. The number of nitrogens with zero attached hydrogens (tertiary/aromatic N) is 2. The van der Waals surface area contributed by atoms with Crippen molar-refractivity contribution in [3.8, 4) is 6.07 Å². The van der Waals surface area contributed by atoms with Gasteiger partial charge in [-0.2, -0.15) is 5.26 Å². The summed E-state index contributed by atoms with van der Waals surface area (Å²) in [4.78, 5) is 4.04. The highest BCUT2D eigenvalue weighted by Gasteiger charge is 2.24. The van der Waals surface area contributed by atoms with E-state index in [0.717, 1.165) is 19.5 Å². The number of hydrogen-bond acceptors (Lipinski definition) is 4. The van der Waals surface area contributed by atoms with Gasteiger partial charge in [0.1, 0.15) is 11.1 Å². The summed E-state index contributed by atoms with van der Waals surface area (Å²) in [6, 6.07) is 5.37. The van der Waals surface area contributed by atoms with Gasteiger partial charge in [-0.15, -0.1) is 12.4 Å². The van der Waals surface area contributed by atoms with Gasteiger partial charge in [0.05, 0.1) is 21.6 Å². The highest BCUT2D eigenvalue weighted by molar-refractivity contribution is 7.85. The van der Waals surface area contributed by atoms with E-state index in [1.807, 2.05) is 6.07 Å². The summed E-state index contributed by atoms with van der Waals surface area (Å²) in [5, 5.41) is 12.5. The molecule has 16 heavy (non-hydrogen) atoms. The summed E-state index contributed by atoms with van der Waals surface area (Å²) < 4.78 is 12.1. The molecule has 1 N–H and O–H groups in total. The van der Waals surface area contributed by atoms with Gasteiger partial charge in [-0.25, -0.2) is 4.98 Å². The zero-order valence-electron chi connectivity index (χ0n) is 8.55. The number of aromatic nitrogens is 1. The number of nitriles is 1. The second-order valence-electron chi connectivity index (χ2n) is 3.38. The highest BCUT2D eigenvalue weighted by Crippen LogP contribution is 2.16. The molecule has 0 aliphatic carbocycles. The maximum Gasteiger partial charge on any atom is 0.145 e. The fraction of sp³-hybridized carbons (Fsp3) is 0.400. The van der Waals surface area contributed by atoms with E-state index >= 15 is 0 Å². The summed E-state index contributed by atoms with van der Waals surface area (Å²) in [6.45, 7) is 1.64. The van der Waals surface area contributed by atoms with Crippen LogP contribution in [0.15, 0.2) is 23.4 Å². The summed E-state index contributed by atoms with van der Waals surface area (Å²) >= 11 is 0. The molecule has 0 spiro atoms. The van der Waals surface area contributed by atoms with Crippen molar-refractivity contribution in [2.24, 2.45) is 0 Å². The number of hydrogen-bond donors (Lipinski definition) is 1. The van der Waals surface area contributed by atoms with Crippen LogP contribution >= 0.6 is 12.4 Å². The average molecular weight is 258 g/mol. The Labute approximate surface area is 103 Å². The lowest BCUT2D eigenvalue weighted by molar-refractivity contribution is 0.669. The number of halogens is 1. The Kier molecular flexibility index (Phi) is 4.87. The first-order chi connectivity index (χ1) is 7.33. The largest absolute Gasteiger partial charge is 0.315 e. The third-order valence-electron chi connectivity index (χ3n) is 2.40. The van der Waals surface area contributed by atoms with Crippen LogP contribution in [0.25, 0.3) is 0 Å². The molecule has 1 aromatic rings. The normalized spacial score (nSPS) is 20.8. The van der Waals surface area contributed by atoms with Gasteiger partial charge in [0, 0.05) is 12.7 Å². The minimum atomic E-state index is -1.17. The molecule has 2 heterocycles. The highest BCUT2D eigenvalue weighted by atomic mass is 35.5. The molecule has 86 valence electrons. The fourth-order valence-corrected chi connectivity index (χ4v) is 3.02. The van der Waals surface area contributed by atoms with E-state index in [-0.39, 0.29) is 17.7 Å². The Morgan fingerprint density at radius 1 is 1.62 bits per heavy atom. The molecule has 2 atom stereocenters. The minimum Gasteiger partial charge on any atom is -0.315 e. The smallest absolute Gasteiger partial charge is 0.145 e. The van der Waals surface area contributed by atoms with E-state index in [1.54, 1.807) is 18.3 Å². The van der Waals surface area contributed by atoms with Crippen molar-refractivity contribution >= 4 is 23.2 Å². The summed E-state index contributed by atoms with van der Waals surface area (Å²) in [5.41, 5.74) is 0.419. The summed E-state index contributed by atoms with van der Waals surface area (Å²) in [7, 11) is -1.17. The molecule has 1 saturated heterocycles. The van der Waals surface area contributed by atoms with Crippen molar-refractivity contribution in [3.63, 3.8) is 0 Å². The molecule has 2 unspecified atom stereocenters. The molecule has 1 aromatic heterocycles. The zero-order valence-corrected chi connectivity index (χ0v) is 10.2. The van der Waals surface area contributed by atoms with Gasteiger partial charge in [0.15, 0.2) is 0 Å². The van der Waals surface area contributed by atoms with Gasteiger partial charge in [-0.05, 0) is 25.1 Å². The third-order valence-corrected chi connectivity index (χ3v) is 4.11. The van der Waals surface area contributed by atoms with Crippen LogP contribution in [-0.4, -0.2) is 27.5 Å². The zero-order chi connectivity index (χ0) is 10.7. The summed E-state index contributed by atoms with van der Waals surface area (Å²) in [6.07, 6.45) is 2.46. The Bertz CT molecular complexity index is 426. The monoisotopic (exact) mass is 257 g/mol. The number of nitrogens with one attached hydrogen (secondary N) is 1. The standard InChI is InChI=1S/C10H11N3OS.ClH/c11-6-8-2-1-4-13-10(8)15(14)9-3-5-12-7-9;/h1-2,4,9,12H,3,5,7H2;1H. The first-order valence-electron chi connectivity index (χ1n) is 4.79. The van der Waals surface area contributed by atoms with Crippen molar-refractivity contribution in [1.29, 1.82) is 5.26 Å². The molecule has 1 aliphatic heterocycles. The average Bonchev–Trinajstić information content (AvgIpc) is 2.81. The van der Waals surface area contributed by atoms with Crippen molar-refractivity contribution in [2.75, 3.05) is 13.1 Å². The van der Waals surface area contributed by atoms with Crippen LogP contribution in [0, 0.1) is 11.3 Å². The molecule has 6 heteroatoms. The topological polar surface area (TPSA) is 65.8 Å². The fourth-order valence-electron chi connectivity index (χ4n) is 1.60. The van der Waals surface area contributed by atoms with E-state index in [9.17, 15) is 4.21 Å². The van der Waals surface area contributed by atoms with Crippen LogP contribution in [0.5, 0.6) is 0 Å². The van der Waals surface area contributed by atoms with E-state index in [1.165, 1.54) is 0 Å². The van der Waals surface area contributed by atoms with E-state index in [0.29, 0.717) is 10.6 Å². The molecule has 1 fully saturated rings.